The Morgan fingerprint density at radius 2 is 1.14 bits per heavy atom. The lowest BCUT2D eigenvalue weighted by Gasteiger charge is -2.30. The molecule has 0 aliphatic rings. The molecule has 10 atom stereocenters. The average molecular weight is 848 g/mol. The second-order valence-electron chi connectivity index (χ2n) is 14.7. The van der Waals surface area contributed by atoms with Crippen LogP contribution in [0.2, 0.25) is 0 Å². The largest absolute Gasteiger partial charge is 0.480 e. The van der Waals surface area contributed by atoms with Crippen molar-refractivity contribution >= 4 is 53.3 Å². The third-order valence-electron chi connectivity index (χ3n) is 9.13. The summed E-state index contributed by atoms with van der Waals surface area (Å²) in [6.45, 7) is 8.41. The quantitative estimate of drug-likeness (QED) is 0.0208. The number of guanidine groups is 1. The number of aliphatic carboxylic acids is 1. The summed E-state index contributed by atoms with van der Waals surface area (Å²) >= 11 is 0. The van der Waals surface area contributed by atoms with Gasteiger partial charge in [0, 0.05) is 6.54 Å². The van der Waals surface area contributed by atoms with Crippen molar-refractivity contribution in [1.82, 2.24) is 42.5 Å². The van der Waals surface area contributed by atoms with Crippen LogP contribution < -0.4 is 54.0 Å². The first kappa shape index (κ1) is 53.8. The number of rotatable bonds is 27. The van der Waals surface area contributed by atoms with E-state index in [1.807, 2.05) is 5.32 Å². The smallest absolute Gasteiger partial charge is 0.328 e. The highest BCUT2D eigenvalue weighted by Crippen LogP contribution is 2.12. The SMILES string of the molecule is CC[C@H](C)[C@H](NC(=O)[C@@H](CCCNC(=N)N)NC(=O)[C@@H](NC(=O)C(N)[C@H](O)C(C)C)C(C)C)C(=O)N[C@H](C(=O)NCC(=O)N[C@@H](CO)C(=O)N[C@@H](CO)C(=O)O)[C@H](C)O. The van der Waals surface area contributed by atoms with Crippen molar-refractivity contribution in [2.75, 3.05) is 26.3 Å². The van der Waals surface area contributed by atoms with Gasteiger partial charge in [0.25, 0.3) is 0 Å². The van der Waals surface area contributed by atoms with E-state index in [-0.39, 0.29) is 31.3 Å². The number of amides is 7. The highest BCUT2D eigenvalue weighted by molar-refractivity contribution is 5.97. The number of nitrogens with two attached hydrogens (primary N) is 2. The molecule has 0 aromatic heterocycles. The van der Waals surface area contributed by atoms with Crippen molar-refractivity contribution in [3.05, 3.63) is 0 Å². The van der Waals surface area contributed by atoms with Crippen LogP contribution in [0.5, 0.6) is 0 Å². The highest BCUT2D eigenvalue weighted by Gasteiger charge is 2.36. The molecule has 0 aromatic carbocycles. The predicted molar refractivity (Wildman–Crippen MR) is 210 cm³/mol. The lowest BCUT2D eigenvalue weighted by Crippen LogP contribution is -2.62. The topological polar surface area (TPSA) is 410 Å². The van der Waals surface area contributed by atoms with Crippen LogP contribution in [-0.4, -0.2) is 160 Å². The van der Waals surface area contributed by atoms with Gasteiger partial charge in [-0.1, -0.05) is 48.0 Å². The van der Waals surface area contributed by atoms with Crippen LogP contribution in [0, 0.1) is 23.2 Å². The molecule has 0 aliphatic carbocycles. The molecule has 0 radical (unpaired) electrons. The summed E-state index contributed by atoms with van der Waals surface area (Å²) in [6, 6.07) is -10.3. The first-order valence-electron chi connectivity index (χ1n) is 19.2. The summed E-state index contributed by atoms with van der Waals surface area (Å²) < 4.78 is 0. The van der Waals surface area contributed by atoms with Crippen molar-refractivity contribution in [3.63, 3.8) is 0 Å². The lowest BCUT2D eigenvalue weighted by atomic mass is 9.96. The number of aliphatic hydroxyl groups is 4. The Kier molecular flexibility index (Phi) is 24.4. The van der Waals surface area contributed by atoms with Gasteiger partial charge in [0.1, 0.15) is 42.3 Å². The predicted octanol–water partition coefficient (Wildman–Crippen LogP) is -6.23. The first-order valence-corrected chi connectivity index (χ1v) is 19.2. The van der Waals surface area contributed by atoms with Gasteiger partial charge in [-0.25, -0.2) is 4.79 Å². The van der Waals surface area contributed by atoms with E-state index in [1.165, 1.54) is 0 Å². The Bertz CT molecular complexity index is 1450. The van der Waals surface area contributed by atoms with Gasteiger partial charge in [0.2, 0.25) is 41.4 Å². The van der Waals surface area contributed by atoms with Gasteiger partial charge in [0.05, 0.1) is 32.0 Å². The Labute approximate surface area is 342 Å². The molecule has 0 saturated carbocycles. The van der Waals surface area contributed by atoms with Gasteiger partial charge in [-0.2, -0.15) is 0 Å². The van der Waals surface area contributed by atoms with Gasteiger partial charge in [-0.05, 0) is 37.5 Å². The zero-order valence-corrected chi connectivity index (χ0v) is 34.5. The fourth-order valence-electron chi connectivity index (χ4n) is 5.19. The average Bonchev–Trinajstić information content (AvgIpc) is 3.17. The Hall–Kier alpha value is -5.17. The number of hydrogen-bond donors (Lipinski definition) is 16. The van der Waals surface area contributed by atoms with E-state index >= 15 is 0 Å². The molecule has 18 N–H and O–H groups in total. The molecule has 24 nitrogen and oxygen atoms in total. The van der Waals surface area contributed by atoms with E-state index in [4.69, 9.17) is 27.1 Å². The molecule has 338 valence electrons. The maximum Gasteiger partial charge on any atom is 0.328 e. The molecular formula is C35H65N11O13. The van der Waals surface area contributed by atoms with Crippen LogP contribution >= 0.6 is 0 Å². The lowest BCUT2D eigenvalue weighted by molar-refractivity contribution is -0.143. The Morgan fingerprint density at radius 3 is 1.61 bits per heavy atom. The van der Waals surface area contributed by atoms with Crippen molar-refractivity contribution in [2.24, 2.45) is 29.2 Å². The second kappa shape index (κ2) is 26.8. The summed E-state index contributed by atoms with van der Waals surface area (Å²) in [5, 5.41) is 74.5. The minimum atomic E-state index is -1.72. The minimum Gasteiger partial charge on any atom is -0.480 e. The van der Waals surface area contributed by atoms with Crippen molar-refractivity contribution in [3.8, 4) is 0 Å². The molecule has 0 bridgehead atoms. The fourth-order valence-corrected chi connectivity index (χ4v) is 5.19. The maximum absolute atomic E-state index is 13.8. The number of nitrogens with one attached hydrogen (secondary N) is 9. The van der Waals surface area contributed by atoms with E-state index < -0.39 is 133 Å². The molecule has 59 heavy (non-hydrogen) atoms. The summed E-state index contributed by atoms with van der Waals surface area (Å²) in [5.74, 6) is -10.00. The second-order valence-corrected chi connectivity index (χ2v) is 14.7. The van der Waals surface area contributed by atoms with Crippen LogP contribution in [0.15, 0.2) is 0 Å². The third kappa shape index (κ3) is 19.0. The van der Waals surface area contributed by atoms with E-state index in [0.29, 0.717) is 6.42 Å². The summed E-state index contributed by atoms with van der Waals surface area (Å²) in [4.78, 5) is 103. The summed E-state index contributed by atoms with van der Waals surface area (Å²) in [5.41, 5.74) is 11.3. The Balaban J connectivity index is 6.10. The van der Waals surface area contributed by atoms with Crippen LogP contribution in [0.25, 0.3) is 0 Å². The van der Waals surface area contributed by atoms with Crippen molar-refractivity contribution in [2.45, 2.75) is 122 Å². The molecule has 0 saturated heterocycles. The van der Waals surface area contributed by atoms with Crippen molar-refractivity contribution in [1.29, 1.82) is 5.41 Å². The molecule has 1 unspecified atom stereocenters. The van der Waals surface area contributed by atoms with Gasteiger partial charge in [-0.15, -0.1) is 0 Å². The summed E-state index contributed by atoms with van der Waals surface area (Å²) in [6.07, 6.45) is -2.30. The summed E-state index contributed by atoms with van der Waals surface area (Å²) in [7, 11) is 0. The van der Waals surface area contributed by atoms with Crippen LogP contribution in [0.4, 0.5) is 0 Å². The number of aliphatic hydroxyl groups excluding tert-OH is 4. The van der Waals surface area contributed by atoms with Gasteiger partial charge in [0.15, 0.2) is 5.96 Å². The third-order valence-corrected chi connectivity index (χ3v) is 9.13. The van der Waals surface area contributed by atoms with Crippen LogP contribution in [0.1, 0.15) is 67.7 Å². The minimum absolute atomic E-state index is 0.0435. The zero-order valence-electron chi connectivity index (χ0n) is 34.5. The number of carboxylic acid groups (broad SMARTS) is 1. The number of carboxylic acids is 1. The highest BCUT2D eigenvalue weighted by atomic mass is 16.4. The number of hydrogen-bond acceptors (Lipinski definition) is 14. The van der Waals surface area contributed by atoms with E-state index in [9.17, 15) is 53.7 Å². The van der Waals surface area contributed by atoms with Crippen molar-refractivity contribution < 1.29 is 63.9 Å². The number of carbonyl (C=O) groups excluding carboxylic acids is 7. The molecule has 7 amide bonds. The molecule has 0 aromatic rings. The Morgan fingerprint density at radius 1 is 0.627 bits per heavy atom. The van der Waals surface area contributed by atoms with E-state index in [1.54, 1.807) is 41.5 Å². The standard InChI is InChI=1S/C35H65N11O13/c1-8-17(6)25(33(57)46-26(18(7)49)31(55)40-12-22(50)41-20(13-47)29(53)43-21(14-48)34(58)59)45-28(52)19(10-9-11-39-35(37)38)42-32(56)24(15(2)3)44-30(54)23(36)27(51)16(4)5/h15-21,23-27,47-49,51H,8-14,36H2,1-7H3,(H,40,55)(H,41,50)(H,42,56)(H,43,53)(H,44,54)(H,45,52)(H,46,57)(H,58,59)(H4,37,38,39)/t17-,18-,19+,20-,21-,23?,24-,25-,26-,27+/m0/s1. The van der Waals surface area contributed by atoms with Crippen LogP contribution in [0.3, 0.4) is 0 Å². The molecule has 0 rings (SSSR count). The molecule has 0 heterocycles. The zero-order chi connectivity index (χ0) is 45.7. The fraction of sp³-hybridized carbons (Fsp3) is 0.743. The molecular weight excluding hydrogens is 782 g/mol. The van der Waals surface area contributed by atoms with Gasteiger partial charge >= 0.3 is 5.97 Å². The molecule has 24 heteroatoms. The molecule has 0 fully saturated rings. The first-order chi connectivity index (χ1) is 27.4. The monoisotopic (exact) mass is 847 g/mol. The van der Waals surface area contributed by atoms with Gasteiger partial charge in [-0.3, -0.25) is 39.0 Å². The molecule has 0 aliphatic heterocycles. The molecule has 0 spiro atoms. The number of carbonyl (C=O) groups is 8. The van der Waals surface area contributed by atoms with E-state index in [0.717, 1.165) is 6.92 Å². The van der Waals surface area contributed by atoms with Crippen LogP contribution in [-0.2, 0) is 38.4 Å². The normalized spacial score (nSPS) is 16.3. The maximum atomic E-state index is 13.8. The van der Waals surface area contributed by atoms with Gasteiger partial charge < -0.3 is 79.5 Å². The van der Waals surface area contributed by atoms with E-state index in [2.05, 4.69) is 37.2 Å².